The van der Waals surface area contributed by atoms with E-state index in [4.69, 9.17) is 0 Å². The molecule has 0 saturated carbocycles. The number of benzene rings is 4. The molecule has 4 aromatic rings. The molecule has 0 unspecified atom stereocenters. The standard InChI is InChI=1S/C43H49N3O3/c47-41-27-14-6-4-2-1-3-5-7-17-30-44-43(49)40(31-33-19-10-8-11-20-33)46-42(48)39(38-26-18-24-35-23-15-16-25-37(35)38)29-28-36(32-45-41)34-21-12-9-13-22-34/h8-13,15-16,18-26,28-29,40H,1-7,14,17,27,30-32H2,(H,44,49)(H,45,47)(H,46,48)/b36-28+,39-29-/t40-/m0/s1. The van der Waals surface area contributed by atoms with Crippen LogP contribution in [0.3, 0.4) is 0 Å². The molecule has 0 bridgehead atoms. The van der Waals surface area contributed by atoms with Gasteiger partial charge >= 0.3 is 0 Å². The minimum atomic E-state index is -0.758. The van der Waals surface area contributed by atoms with E-state index in [1.165, 1.54) is 19.3 Å². The van der Waals surface area contributed by atoms with Gasteiger partial charge in [-0.15, -0.1) is 0 Å². The number of fused-ring (bicyclic) bond motifs is 1. The molecular formula is C43H49N3O3. The summed E-state index contributed by atoms with van der Waals surface area (Å²) in [5, 5.41) is 11.3. The molecule has 6 heteroatoms. The summed E-state index contributed by atoms with van der Waals surface area (Å²) >= 11 is 0. The minimum Gasteiger partial charge on any atom is -0.354 e. The van der Waals surface area contributed by atoms with Gasteiger partial charge < -0.3 is 16.0 Å². The molecule has 3 amide bonds. The Morgan fingerprint density at radius 1 is 0.592 bits per heavy atom. The maximum absolute atomic E-state index is 14.4. The highest BCUT2D eigenvalue weighted by Crippen LogP contribution is 2.27. The van der Waals surface area contributed by atoms with Gasteiger partial charge in [-0.2, -0.15) is 0 Å². The van der Waals surface area contributed by atoms with Gasteiger partial charge in [-0.25, -0.2) is 0 Å². The van der Waals surface area contributed by atoms with Crippen molar-refractivity contribution < 1.29 is 14.4 Å². The molecule has 0 radical (unpaired) electrons. The van der Waals surface area contributed by atoms with Gasteiger partial charge in [0.1, 0.15) is 6.04 Å². The lowest BCUT2D eigenvalue weighted by molar-refractivity contribution is -0.126. The van der Waals surface area contributed by atoms with Crippen LogP contribution < -0.4 is 16.0 Å². The van der Waals surface area contributed by atoms with E-state index in [-0.39, 0.29) is 17.7 Å². The van der Waals surface area contributed by atoms with Crippen LogP contribution in [-0.2, 0) is 20.8 Å². The zero-order valence-corrected chi connectivity index (χ0v) is 28.5. The average Bonchev–Trinajstić information content (AvgIpc) is 3.13. The lowest BCUT2D eigenvalue weighted by Gasteiger charge is -2.20. The monoisotopic (exact) mass is 655 g/mol. The molecule has 0 saturated heterocycles. The van der Waals surface area contributed by atoms with Crippen molar-refractivity contribution in [3.8, 4) is 0 Å². The summed E-state index contributed by atoms with van der Waals surface area (Å²) in [6.07, 6.45) is 14.4. The number of hydrogen-bond acceptors (Lipinski definition) is 3. The van der Waals surface area contributed by atoms with E-state index in [9.17, 15) is 14.4 Å². The second-order valence-corrected chi connectivity index (χ2v) is 12.9. The molecule has 0 aliphatic carbocycles. The highest BCUT2D eigenvalue weighted by molar-refractivity contribution is 6.23. The molecule has 49 heavy (non-hydrogen) atoms. The van der Waals surface area contributed by atoms with Crippen molar-refractivity contribution in [3.05, 3.63) is 132 Å². The highest BCUT2D eigenvalue weighted by Gasteiger charge is 2.24. The van der Waals surface area contributed by atoms with Crippen molar-refractivity contribution in [2.45, 2.75) is 76.7 Å². The first-order chi connectivity index (χ1) is 24.1. The molecule has 0 spiro atoms. The summed E-state index contributed by atoms with van der Waals surface area (Å²) in [7, 11) is 0. The number of carbonyl (C=O) groups excluding carboxylic acids is 3. The molecule has 1 aliphatic rings. The average molecular weight is 656 g/mol. The van der Waals surface area contributed by atoms with Gasteiger partial charge in [0.25, 0.3) is 5.91 Å². The third-order valence-electron chi connectivity index (χ3n) is 9.18. The number of carbonyl (C=O) groups is 3. The van der Waals surface area contributed by atoms with Gasteiger partial charge in [0.15, 0.2) is 0 Å². The second-order valence-electron chi connectivity index (χ2n) is 12.9. The van der Waals surface area contributed by atoms with Crippen molar-refractivity contribution >= 4 is 39.6 Å². The molecule has 0 fully saturated rings. The predicted molar refractivity (Wildman–Crippen MR) is 201 cm³/mol. The summed E-state index contributed by atoms with van der Waals surface area (Å²) < 4.78 is 0. The number of rotatable bonds is 4. The number of allylic oxidation sites excluding steroid dienone is 2. The van der Waals surface area contributed by atoms with Crippen LogP contribution in [0.15, 0.2) is 115 Å². The van der Waals surface area contributed by atoms with Gasteiger partial charge in [-0.3, -0.25) is 14.4 Å². The largest absolute Gasteiger partial charge is 0.354 e. The third kappa shape index (κ3) is 11.0. The molecule has 5 rings (SSSR count). The number of nitrogens with one attached hydrogen (secondary N) is 3. The van der Waals surface area contributed by atoms with Crippen LogP contribution in [0.2, 0.25) is 0 Å². The molecule has 3 N–H and O–H groups in total. The fraction of sp³-hybridized carbons (Fsp3) is 0.326. The van der Waals surface area contributed by atoms with Crippen molar-refractivity contribution in [2.24, 2.45) is 0 Å². The highest BCUT2D eigenvalue weighted by atomic mass is 16.2. The van der Waals surface area contributed by atoms with Gasteiger partial charge in [0, 0.05) is 31.5 Å². The van der Waals surface area contributed by atoms with Crippen LogP contribution in [-0.4, -0.2) is 36.9 Å². The Morgan fingerprint density at radius 2 is 1.22 bits per heavy atom. The Balaban J connectivity index is 1.52. The number of hydrogen-bond donors (Lipinski definition) is 3. The number of amides is 3. The van der Waals surface area contributed by atoms with Crippen LogP contribution in [0, 0.1) is 0 Å². The lowest BCUT2D eigenvalue weighted by Crippen LogP contribution is -2.48. The van der Waals surface area contributed by atoms with Crippen LogP contribution in [0.1, 0.15) is 80.9 Å². The van der Waals surface area contributed by atoms with Crippen LogP contribution in [0.25, 0.3) is 21.9 Å². The SMILES string of the molecule is O=C1CCCCCCCCCCCNC(=O)[C@H](Cc2ccccc2)NC(=O)/C(c2cccc3ccccc23)=C\C=C(\c2ccccc2)CN1. The maximum Gasteiger partial charge on any atom is 0.252 e. The van der Waals surface area contributed by atoms with E-state index in [1.807, 2.05) is 115 Å². The van der Waals surface area contributed by atoms with E-state index >= 15 is 0 Å². The zero-order valence-electron chi connectivity index (χ0n) is 28.5. The van der Waals surface area contributed by atoms with Crippen LogP contribution in [0.5, 0.6) is 0 Å². The summed E-state index contributed by atoms with van der Waals surface area (Å²) in [5.41, 5.74) is 4.03. The maximum atomic E-state index is 14.4. The fourth-order valence-electron chi connectivity index (χ4n) is 6.40. The first-order valence-electron chi connectivity index (χ1n) is 17.9. The summed E-state index contributed by atoms with van der Waals surface area (Å²) in [5.74, 6) is -0.486. The van der Waals surface area contributed by atoms with E-state index < -0.39 is 6.04 Å². The Labute approximate surface area is 291 Å². The Bertz CT molecular complexity index is 1720. The third-order valence-corrected chi connectivity index (χ3v) is 9.18. The van der Waals surface area contributed by atoms with E-state index in [2.05, 4.69) is 16.0 Å². The Kier molecular flexibility index (Phi) is 13.8. The Hall–Kier alpha value is -4.97. The zero-order chi connectivity index (χ0) is 34.1. The van der Waals surface area contributed by atoms with Gasteiger partial charge in [-0.05, 0) is 52.0 Å². The van der Waals surface area contributed by atoms with E-state index in [0.29, 0.717) is 31.5 Å². The first-order valence-corrected chi connectivity index (χ1v) is 17.9. The first kappa shape index (κ1) is 35.3. The molecule has 4 aromatic carbocycles. The molecule has 1 atom stereocenters. The van der Waals surface area contributed by atoms with Crippen molar-refractivity contribution in [1.29, 1.82) is 0 Å². The van der Waals surface area contributed by atoms with Gasteiger partial charge in [0.05, 0.1) is 0 Å². The lowest BCUT2D eigenvalue weighted by atomic mass is 9.95. The van der Waals surface area contributed by atoms with Crippen molar-refractivity contribution in [1.82, 2.24) is 16.0 Å². The van der Waals surface area contributed by atoms with Crippen molar-refractivity contribution in [3.63, 3.8) is 0 Å². The Morgan fingerprint density at radius 3 is 1.98 bits per heavy atom. The van der Waals surface area contributed by atoms with Crippen molar-refractivity contribution in [2.75, 3.05) is 13.1 Å². The molecule has 0 aromatic heterocycles. The fourth-order valence-corrected chi connectivity index (χ4v) is 6.40. The van der Waals surface area contributed by atoms with Crippen LogP contribution in [0.4, 0.5) is 0 Å². The summed E-state index contributed by atoms with van der Waals surface area (Å²) in [6.45, 7) is 0.916. The molecule has 6 nitrogen and oxygen atoms in total. The van der Waals surface area contributed by atoms with E-state index in [1.54, 1.807) is 0 Å². The second kappa shape index (κ2) is 19.1. The molecule has 254 valence electrons. The molecule has 1 aliphatic heterocycles. The molecule has 1 heterocycles. The predicted octanol–water partition coefficient (Wildman–Crippen LogP) is 8.18. The van der Waals surface area contributed by atoms with Gasteiger partial charge in [-0.1, -0.05) is 154 Å². The van der Waals surface area contributed by atoms with Crippen LogP contribution >= 0.6 is 0 Å². The van der Waals surface area contributed by atoms with E-state index in [0.717, 1.165) is 71.6 Å². The topological polar surface area (TPSA) is 87.3 Å². The molecular weight excluding hydrogens is 606 g/mol. The smallest absolute Gasteiger partial charge is 0.252 e. The summed E-state index contributed by atoms with van der Waals surface area (Å²) in [6, 6.07) is 32.9. The quantitative estimate of drug-likeness (QED) is 0.207. The summed E-state index contributed by atoms with van der Waals surface area (Å²) in [4.78, 5) is 41.0. The normalized spacial score (nSPS) is 20.5. The minimum absolute atomic E-state index is 0.0333. The van der Waals surface area contributed by atoms with Gasteiger partial charge in [0.2, 0.25) is 11.8 Å².